The van der Waals surface area contributed by atoms with E-state index in [1.807, 2.05) is 36.6 Å². The number of hydrogen-bond donors (Lipinski definition) is 2. The normalized spacial score (nSPS) is 15.9. The number of benzene rings is 1. The van der Waals surface area contributed by atoms with Crippen LogP contribution in [0.5, 0.6) is 5.75 Å². The predicted octanol–water partition coefficient (Wildman–Crippen LogP) is 3.08. The van der Waals surface area contributed by atoms with Crippen LogP contribution in [0.3, 0.4) is 0 Å². The van der Waals surface area contributed by atoms with Gasteiger partial charge in [-0.15, -0.1) is 23.7 Å². The summed E-state index contributed by atoms with van der Waals surface area (Å²) in [6.45, 7) is 3.61. The van der Waals surface area contributed by atoms with E-state index in [1.54, 1.807) is 0 Å². The molecule has 0 saturated carbocycles. The highest BCUT2D eigenvalue weighted by molar-refractivity contribution is 7.14. The number of amides is 1. The fourth-order valence-electron chi connectivity index (χ4n) is 2.54. The number of aromatic nitrogens is 1. The number of thiazole rings is 1. The maximum absolute atomic E-state index is 12.4. The van der Waals surface area contributed by atoms with E-state index in [0.717, 1.165) is 17.0 Å². The standard InChI is InChI=1S/C17H21N3O3S.ClH/c1-2-23-13-5-3-12(4-6-13)14-11-24-16(19-14)20-15(21)17(18)7-9-22-10-8-17;/h3-6,11H,2,7-10,18H2,1H3,(H,19,20,21);1H. The fourth-order valence-corrected chi connectivity index (χ4v) is 3.25. The first-order valence-electron chi connectivity index (χ1n) is 7.97. The number of anilines is 1. The highest BCUT2D eigenvalue weighted by Gasteiger charge is 2.36. The van der Waals surface area contributed by atoms with Gasteiger partial charge in [-0.05, 0) is 44.0 Å². The lowest BCUT2D eigenvalue weighted by Gasteiger charge is -2.31. The molecule has 1 fully saturated rings. The summed E-state index contributed by atoms with van der Waals surface area (Å²) in [5.41, 5.74) is 7.10. The van der Waals surface area contributed by atoms with Crippen molar-refractivity contribution in [3.63, 3.8) is 0 Å². The van der Waals surface area contributed by atoms with Gasteiger partial charge in [-0.3, -0.25) is 4.79 Å². The Morgan fingerprint density at radius 2 is 2.04 bits per heavy atom. The van der Waals surface area contributed by atoms with Crippen LogP contribution < -0.4 is 15.8 Å². The number of hydrogen-bond acceptors (Lipinski definition) is 6. The van der Waals surface area contributed by atoms with E-state index < -0.39 is 5.54 Å². The highest BCUT2D eigenvalue weighted by atomic mass is 35.5. The number of ether oxygens (including phenoxy) is 2. The average Bonchev–Trinajstić information content (AvgIpc) is 3.05. The van der Waals surface area contributed by atoms with Crippen molar-refractivity contribution in [3.8, 4) is 17.0 Å². The molecule has 0 radical (unpaired) electrons. The van der Waals surface area contributed by atoms with Gasteiger partial charge in [0.2, 0.25) is 5.91 Å². The van der Waals surface area contributed by atoms with E-state index in [4.69, 9.17) is 15.2 Å². The van der Waals surface area contributed by atoms with E-state index in [2.05, 4.69) is 10.3 Å². The Morgan fingerprint density at radius 3 is 2.68 bits per heavy atom. The number of carbonyl (C=O) groups excluding carboxylic acids is 1. The van der Waals surface area contributed by atoms with Crippen LogP contribution in [0, 0.1) is 0 Å². The number of halogens is 1. The Bertz CT molecular complexity index is 699. The van der Waals surface area contributed by atoms with Gasteiger partial charge in [0.25, 0.3) is 0 Å². The van der Waals surface area contributed by atoms with E-state index in [0.29, 0.717) is 37.8 Å². The Morgan fingerprint density at radius 1 is 1.36 bits per heavy atom. The number of nitrogens with one attached hydrogen (secondary N) is 1. The maximum atomic E-state index is 12.4. The number of carbonyl (C=O) groups is 1. The molecule has 3 N–H and O–H groups in total. The molecule has 1 aromatic heterocycles. The molecule has 1 aliphatic rings. The molecule has 0 aliphatic carbocycles. The van der Waals surface area contributed by atoms with Crippen molar-refractivity contribution in [1.82, 2.24) is 4.98 Å². The van der Waals surface area contributed by atoms with Gasteiger partial charge in [0.05, 0.1) is 12.3 Å². The predicted molar refractivity (Wildman–Crippen MR) is 102 cm³/mol. The molecule has 6 nitrogen and oxygen atoms in total. The van der Waals surface area contributed by atoms with Gasteiger partial charge in [-0.25, -0.2) is 4.98 Å². The van der Waals surface area contributed by atoms with Gasteiger partial charge < -0.3 is 20.5 Å². The zero-order chi connectivity index (χ0) is 17.0. The second-order valence-corrected chi connectivity index (χ2v) is 6.58. The summed E-state index contributed by atoms with van der Waals surface area (Å²) < 4.78 is 10.7. The van der Waals surface area contributed by atoms with Crippen LogP contribution in [0.4, 0.5) is 5.13 Å². The molecule has 136 valence electrons. The van der Waals surface area contributed by atoms with Crippen molar-refractivity contribution in [3.05, 3.63) is 29.6 Å². The van der Waals surface area contributed by atoms with Crippen molar-refractivity contribution in [2.75, 3.05) is 25.1 Å². The van der Waals surface area contributed by atoms with Crippen molar-refractivity contribution in [1.29, 1.82) is 0 Å². The van der Waals surface area contributed by atoms with Gasteiger partial charge >= 0.3 is 0 Å². The van der Waals surface area contributed by atoms with Crippen LogP contribution in [-0.2, 0) is 9.53 Å². The van der Waals surface area contributed by atoms with Crippen LogP contribution in [0.15, 0.2) is 29.6 Å². The molecule has 1 aromatic carbocycles. The van der Waals surface area contributed by atoms with Gasteiger partial charge in [0.15, 0.2) is 5.13 Å². The largest absolute Gasteiger partial charge is 0.494 e. The minimum atomic E-state index is -0.872. The second-order valence-electron chi connectivity index (χ2n) is 5.72. The quantitative estimate of drug-likeness (QED) is 0.828. The SMILES string of the molecule is CCOc1ccc(-c2csc(NC(=O)C3(N)CCOCC3)n2)cc1.Cl. The van der Waals surface area contributed by atoms with Gasteiger partial charge in [-0.1, -0.05) is 0 Å². The third-order valence-electron chi connectivity index (χ3n) is 4.02. The highest BCUT2D eigenvalue weighted by Crippen LogP contribution is 2.28. The molecule has 0 atom stereocenters. The third kappa shape index (κ3) is 4.70. The van der Waals surface area contributed by atoms with E-state index in [-0.39, 0.29) is 18.3 Å². The summed E-state index contributed by atoms with van der Waals surface area (Å²) in [7, 11) is 0. The number of nitrogens with two attached hydrogens (primary N) is 1. The van der Waals surface area contributed by atoms with Crippen molar-refractivity contribution < 1.29 is 14.3 Å². The smallest absolute Gasteiger partial charge is 0.246 e. The van der Waals surface area contributed by atoms with Crippen LogP contribution in [0.25, 0.3) is 11.3 Å². The first kappa shape index (κ1) is 19.7. The number of rotatable bonds is 5. The fraction of sp³-hybridized carbons (Fsp3) is 0.412. The molecule has 1 saturated heterocycles. The van der Waals surface area contributed by atoms with Crippen molar-refractivity contribution >= 4 is 34.8 Å². The minimum absolute atomic E-state index is 0. The van der Waals surface area contributed by atoms with E-state index >= 15 is 0 Å². The molecule has 1 aliphatic heterocycles. The van der Waals surface area contributed by atoms with Crippen molar-refractivity contribution in [2.45, 2.75) is 25.3 Å². The van der Waals surface area contributed by atoms with Gasteiger partial charge in [0, 0.05) is 24.2 Å². The molecular weight excluding hydrogens is 362 g/mol. The van der Waals surface area contributed by atoms with Crippen LogP contribution in [-0.4, -0.2) is 36.3 Å². The zero-order valence-electron chi connectivity index (χ0n) is 14.0. The molecule has 8 heteroatoms. The maximum Gasteiger partial charge on any atom is 0.246 e. The second kappa shape index (κ2) is 8.62. The van der Waals surface area contributed by atoms with Crippen molar-refractivity contribution in [2.24, 2.45) is 5.73 Å². The lowest BCUT2D eigenvalue weighted by Crippen LogP contribution is -2.54. The first-order chi connectivity index (χ1) is 11.6. The Balaban J connectivity index is 0.00000225. The van der Waals surface area contributed by atoms with Crippen LogP contribution in [0.2, 0.25) is 0 Å². The van der Waals surface area contributed by atoms with E-state index in [9.17, 15) is 4.79 Å². The Kier molecular flexibility index (Phi) is 6.78. The average molecular weight is 384 g/mol. The molecule has 0 bridgehead atoms. The summed E-state index contributed by atoms with van der Waals surface area (Å²) in [4.78, 5) is 16.9. The molecule has 2 heterocycles. The number of nitrogens with zero attached hydrogens (tertiary/aromatic N) is 1. The third-order valence-corrected chi connectivity index (χ3v) is 4.78. The van der Waals surface area contributed by atoms with Crippen LogP contribution >= 0.6 is 23.7 Å². The molecule has 0 spiro atoms. The molecule has 2 aromatic rings. The molecule has 1 amide bonds. The lowest BCUT2D eigenvalue weighted by atomic mass is 9.90. The van der Waals surface area contributed by atoms with Crippen LogP contribution in [0.1, 0.15) is 19.8 Å². The molecule has 0 unspecified atom stereocenters. The topological polar surface area (TPSA) is 86.5 Å². The Labute approximate surface area is 157 Å². The van der Waals surface area contributed by atoms with Gasteiger partial charge in [-0.2, -0.15) is 0 Å². The lowest BCUT2D eigenvalue weighted by molar-refractivity contribution is -0.124. The first-order valence-corrected chi connectivity index (χ1v) is 8.85. The summed E-state index contributed by atoms with van der Waals surface area (Å²) in [5, 5.41) is 5.31. The minimum Gasteiger partial charge on any atom is -0.494 e. The zero-order valence-corrected chi connectivity index (χ0v) is 15.6. The summed E-state index contributed by atoms with van der Waals surface area (Å²) in [5.74, 6) is 0.632. The molecule has 3 rings (SSSR count). The summed E-state index contributed by atoms with van der Waals surface area (Å²) in [6, 6.07) is 7.73. The summed E-state index contributed by atoms with van der Waals surface area (Å²) >= 11 is 1.39. The summed E-state index contributed by atoms with van der Waals surface area (Å²) in [6.07, 6.45) is 1.05. The molecule has 25 heavy (non-hydrogen) atoms. The molecular formula is C17H22ClN3O3S. The van der Waals surface area contributed by atoms with E-state index in [1.165, 1.54) is 11.3 Å². The Hall–Kier alpha value is -1.67. The van der Waals surface area contributed by atoms with Gasteiger partial charge in [0.1, 0.15) is 11.3 Å². The monoisotopic (exact) mass is 383 g/mol.